The van der Waals surface area contributed by atoms with Crippen LogP contribution in [0, 0.1) is 5.92 Å². The molecule has 0 spiro atoms. The van der Waals surface area contributed by atoms with E-state index in [9.17, 15) is 0 Å². The number of hydrogen-bond acceptors (Lipinski definition) is 3. The summed E-state index contributed by atoms with van der Waals surface area (Å²) in [5.74, 6) is 0.607. The molecule has 2 unspecified atom stereocenters. The fourth-order valence-electron chi connectivity index (χ4n) is 3.33. The number of ether oxygens (including phenoxy) is 1. The molecule has 4 nitrogen and oxygen atoms in total. The number of aryl methyl sites for hydroxylation is 1. The highest BCUT2D eigenvalue weighted by molar-refractivity contribution is 5.82. The van der Waals surface area contributed by atoms with Crippen LogP contribution in [-0.2, 0) is 17.7 Å². The second kappa shape index (κ2) is 6.58. The Labute approximate surface area is 126 Å². The highest BCUT2D eigenvalue weighted by Gasteiger charge is 2.26. The van der Waals surface area contributed by atoms with E-state index >= 15 is 0 Å². The molecule has 1 saturated heterocycles. The largest absolute Gasteiger partial charge is 0.381 e. The minimum Gasteiger partial charge on any atom is -0.381 e. The van der Waals surface area contributed by atoms with Crippen LogP contribution < -0.4 is 5.32 Å². The molecule has 0 bridgehead atoms. The Balaban J connectivity index is 1.88. The van der Waals surface area contributed by atoms with E-state index in [0.29, 0.717) is 12.0 Å². The molecule has 0 saturated carbocycles. The lowest BCUT2D eigenvalue weighted by Gasteiger charge is -2.22. The van der Waals surface area contributed by atoms with Gasteiger partial charge in [0.05, 0.1) is 17.8 Å². The average molecular weight is 287 g/mol. The van der Waals surface area contributed by atoms with Crippen molar-refractivity contribution >= 4 is 10.9 Å². The van der Waals surface area contributed by atoms with Gasteiger partial charge in [-0.2, -0.15) is 5.10 Å². The van der Waals surface area contributed by atoms with Crippen molar-refractivity contribution in [3.63, 3.8) is 0 Å². The summed E-state index contributed by atoms with van der Waals surface area (Å²) in [5.41, 5.74) is 2.46. The Kier molecular flexibility index (Phi) is 4.56. The molecule has 114 valence electrons. The maximum absolute atomic E-state index is 5.57. The predicted octanol–water partition coefficient (Wildman–Crippen LogP) is 2.61. The summed E-state index contributed by atoms with van der Waals surface area (Å²) < 4.78 is 7.68. The molecule has 1 aromatic heterocycles. The van der Waals surface area contributed by atoms with Gasteiger partial charge in [-0.25, -0.2) is 0 Å². The number of aromatic nitrogens is 2. The molecule has 3 rings (SSSR count). The van der Waals surface area contributed by atoms with Gasteiger partial charge in [0.1, 0.15) is 0 Å². The minimum atomic E-state index is 0.459. The fraction of sp³-hybridized carbons (Fsp3) is 0.588. The molecule has 1 aromatic carbocycles. The van der Waals surface area contributed by atoms with Crippen molar-refractivity contribution < 1.29 is 4.74 Å². The lowest BCUT2D eigenvalue weighted by Crippen LogP contribution is -2.38. The van der Waals surface area contributed by atoms with E-state index in [0.717, 1.165) is 39.1 Å². The van der Waals surface area contributed by atoms with Crippen LogP contribution in [-0.4, -0.2) is 35.6 Å². The molecule has 2 atom stereocenters. The van der Waals surface area contributed by atoms with Gasteiger partial charge in [-0.15, -0.1) is 0 Å². The Hall–Kier alpha value is -1.39. The van der Waals surface area contributed by atoms with Gasteiger partial charge in [0.2, 0.25) is 0 Å². The van der Waals surface area contributed by atoms with E-state index in [1.165, 1.54) is 16.6 Å². The zero-order valence-corrected chi connectivity index (χ0v) is 13.0. The van der Waals surface area contributed by atoms with Crippen molar-refractivity contribution in [3.05, 3.63) is 30.0 Å². The lowest BCUT2D eigenvalue weighted by molar-refractivity contribution is 0.176. The first-order chi connectivity index (χ1) is 10.3. The van der Waals surface area contributed by atoms with Gasteiger partial charge in [0, 0.05) is 36.9 Å². The first-order valence-corrected chi connectivity index (χ1v) is 8.09. The summed E-state index contributed by atoms with van der Waals surface area (Å²) in [4.78, 5) is 0. The van der Waals surface area contributed by atoms with Crippen molar-refractivity contribution in [2.24, 2.45) is 5.92 Å². The van der Waals surface area contributed by atoms with Gasteiger partial charge in [0.15, 0.2) is 0 Å². The SMILES string of the molecule is CCNC(Cc1nn(CC)c2ccccc12)C1CCOC1. The molecular weight excluding hydrogens is 262 g/mol. The first kappa shape index (κ1) is 14.5. The zero-order chi connectivity index (χ0) is 14.7. The standard InChI is InChI=1S/C17H25N3O/c1-3-18-15(13-9-10-21-12-13)11-16-14-7-5-6-8-17(14)20(4-2)19-16/h5-8,13,15,18H,3-4,9-12H2,1-2H3. The second-order valence-electron chi connectivity index (χ2n) is 5.77. The number of likely N-dealkylation sites (N-methyl/N-ethyl adjacent to an activating group) is 1. The van der Waals surface area contributed by atoms with Gasteiger partial charge >= 0.3 is 0 Å². The normalized spacial score (nSPS) is 20.2. The number of nitrogens with one attached hydrogen (secondary N) is 1. The zero-order valence-electron chi connectivity index (χ0n) is 13.0. The van der Waals surface area contributed by atoms with Crippen molar-refractivity contribution in [3.8, 4) is 0 Å². The molecule has 0 radical (unpaired) electrons. The molecule has 21 heavy (non-hydrogen) atoms. The lowest BCUT2D eigenvalue weighted by atomic mass is 9.94. The molecular formula is C17H25N3O. The van der Waals surface area contributed by atoms with Crippen molar-refractivity contribution in [2.45, 2.75) is 39.3 Å². The number of fused-ring (bicyclic) bond motifs is 1. The molecule has 0 amide bonds. The number of rotatable bonds is 6. The van der Waals surface area contributed by atoms with Gasteiger partial charge in [-0.3, -0.25) is 4.68 Å². The Bertz CT molecular complexity index is 587. The summed E-state index contributed by atoms with van der Waals surface area (Å²) in [6.07, 6.45) is 2.14. The number of nitrogens with zero attached hydrogens (tertiary/aromatic N) is 2. The van der Waals surface area contributed by atoms with Crippen molar-refractivity contribution in [1.29, 1.82) is 0 Å². The molecule has 4 heteroatoms. The van der Waals surface area contributed by atoms with Gasteiger partial charge in [-0.1, -0.05) is 25.1 Å². The van der Waals surface area contributed by atoms with Crippen LogP contribution >= 0.6 is 0 Å². The van der Waals surface area contributed by atoms with Crippen LogP contribution in [0.3, 0.4) is 0 Å². The maximum atomic E-state index is 5.57. The third kappa shape index (κ3) is 2.97. The second-order valence-corrected chi connectivity index (χ2v) is 5.77. The molecule has 1 fully saturated rings. The van der Waals surface area contributed by atoms with E-state index in [2.05, 4.69) is 48.1 Å². The van der Waals surface area contributed by atoms with E-state index in [-0.39, 0.29) is 0 Å². The van der Waals surface area contributed by atoms with Crippen LogP contribution in [0.4, 0.5) is 0 Å². The summed E-state index contributed by atoms with van der Waals surface area (Å²) in [6.45, 7) is 8.01. The Morgan fingerprint density at radius 1 is 1.38 bits per heavy atom. The molecule has 2 aromatic rings. The average Bonchev–Trinajstić information content (AvgIpc) is 3.15. The van der Waals surface area contributed by atoms with Crippen molar-refractivity contribution in [1.82, 2.24) is 15.1 Å². The van der Waals surface area contributed by atoms with Crippen LogP contribution in [0.15, 0.2) is 24.3 Å². The molecule has 0 aliphatic carbocycles. The third-order valence-corrected chi connectivity index (χ3v) is 4.45. The summed E-state index contributed by atoms with van der Waals surface area (Å²) in [5, 5.41) is 9.77. The quantitative estimate of drug-likeness (QED) is 0.887. The van der Waals surface area contributed by atoms with E-state index < -0.39 is 0 Å². The van der Waals surface area contributed by atoms with Crippen LogP contribution in [0.1, 0.15) is 26.0 Å². The van der Waals surface area contributed by atoms with Gasteiger partial charge in [-0.05, 0) is 26.0 Å². The third-order valence-electron chi connectivity index (χ3n) is 4.45. The molecule has 1 aliphatic heterocycles. The predicted molar refractivity (Wildman–Crippen MR) is 85.5 cm³/mol. The Morgan fingerprint density at radius 2 is 2.24 bits per heavy atom. The minimum absolute atomic E-state index is 0.459. The van der Waals surface area contributed by atoms with Crippen LogP contribution in [0.25, 0.3) is 10.9 Å². The summed E-state index contributed by atoms with van der Waals surface area (Å²) in [7, 11) is 0. The van der Waals surface area contributed by atoms with E-state index in [1.807, 2.05) is 0 Å². The summed E-state index contributed by atoms with van der Waals surface area (Å²) in [6, 6.07) is 9.01. The first-order valence-electron chi connectivity index (χ1n) is 8.09. The number of hydrogen-bond donors (Lipinski definition) is 1. The van der Waals surface area contributed by atoms with E-state index in [1.54, 1.807) is 0 Å². The molecule has 2 heterocycles. The highest BCUT2D eigenvalue weighted by Crippen LogP contribution is 2.24. The number of para-hydroxylation sites is 1. The molecule has 1 N–H and O–H groups in total. The summed E-state index contributed by atoms with van der Waals surface area (Å²) >= 11 is 0. The highest BCUT2D eigenvalue weighted by atomic mass is 16.5. The monoisotopic (exact) mass is 287 g/mol. The maximum Gasteiger partial charge on any atom is 0.0719 e. The Morgan fingerprint density at radius 3 is 2.95 bits per heavy atom. The van der Waals surface area contributed by atoms with E-state index in [4.69, 9.17) is 9.84 Å². The fourth-order valence-corrected chi connectivity index (χ4v) is 3.33. The van der Waals surface area contributed by atoms with Crippen molar-refractivity contribution in [2.75, 3.05) is 19.8 Å². The topological polar surface area (TPSA) is 39.1 Å². The molecule has 1 aliphatic rings. The van der Waals surface area contributed by atoms with Crippen LogP contribution in [0.5, 0.6) is 0 Å². The smallest absolute Gasteiger partial charge is 0.0719 e. The van der Waals surface area contributed by atoms with Gasteiger partial charge in [0.25, 0.3) is 0 Å². The number of benzene rings is 1. The van der Waals surface area contributed by atoms with Gasteiger partial charge < -0.3 is 10.1 Å². The van der Waals surface area contributed by atoms with Crippen LogP contribution in [0.2, 0.25) is 0 Å².